The lowest BCUT2D eigenvalue weighted by atomic mass is 9.92. The summed E-state index contributed by atoms with van der Waals surface area (Å²) >= 11 is 1.51. The van der Waals surface area contributed by atoms with Gasteiger partial charge in [-0.25, -0.2) is 0 Å². The fraction of sp³-hybridized carbons (Fsp3) is 0.522. The van der Waals surface area contributed by atoms with Crippen molar-refractivity contribution in [3.05, 3.63) is 30.6 Å². The van der Waals surface area contributed by atoms with Gasteiger partial charge < -0.3 is 15.3 Å². The average Bonchev–Trinajstić information content (AvgIpc) is 3.36. The van der Waals surface area contributed by atoms with Crippen LogP contribution in [0.2, 0.25) is 0 Å². The normalized spacial score (nSPS) is 12.8. The Labute approximate surface area is 189 Å². The molecule has 3 aromatic rings. The molecule has 31 heavy (non-hydrogen) atoms. The fourth-order valence-corrected chi connectivity index (χ4v) is 4.90. The molecule has 1 unspecified atom stereocenters. The lowest BCUT2D eigenvalue weighted by Gasteiger charge is -2.35. The zero-order chi connectivity index (χ0) is 22.6. The van der Waals surface area contributed by atoms with Gasteiger partial charge in [0.25, 0.3) is 0 Å². The minimum absolute atomic E-state index is 0.0523. The van der Waals surface area contributed by atoms with Crippen LogP contribution in [0.15, 0.2) is 30.6 Å². The molecule has 0 aliphatic carbocycles. The Morgan fingerprint density at radius 2 is 2.00 bits per heavy atom. The number of aromatic nitrogens is 4. The second kappa shape index (κ2) is 9.78. The van der Waals surface area contributed by atoms with Crippen LogP contribution in [0.1, 0.15) is 47.0 Å². The molecule has 0 saturated heterocycles. The number of benzene rings is 1. The first kappa shape index (κ1) is 23.2. The molecule has 1 aromatic carbocycles. The van der Waals surface area contributed by atoms with Crippen molar-refractivity contribution in [3.8, 4) is 27.4 Å². The van der Waals surface area contributed by atoms with Gasteiger partial charge in [-0.3, -0.25) is 4.68 Å². The smallest absolute Gasteiger partial charge is 0.208 e. The van der Waals surface area contributed by atoms with Gasteiger partial charge in [0.05, 0.1) is 11.8 Å². The molecule has 0 radical (unpaired) electrons. The molecule has 0 aliphatic heterocycles. The summed E-state index contributed by atoms with van der Waals surface area (Å²) in [5.41, 5.74) is 2.64. The molecule has 0 amide bonds. The van der Waals surface area contributed by atoms with Gasteiger partial charge in [0, 0.05) is 37.4 Å². The monoisotopic (exact) mass is 442 g/mol. The maximum absolute atomic E-state index is 10.7. The Hall–Kier alpha value is -2.45. The lowest BCUT2D eigenvalue weighted by molar-refractivity contribution is 0.327. The summed E-state index contributed by atoms with van der Waals surface area (Å²) in [5, 5.41) is 28.9. The molecule has 2 heterocycles. The zero-order valence-electron chi connectivity index (χ0n) is 19.4. The number of aryl methyl sites for hydroxylation is 1. The SMILES string of the molecule is CCCC(CC(C)(C)NCC)N(C)c1nnc(-c2ccc(-c3cnn(C)c3)cc2O)s1. The van der Waals surface area contributed by atoms with E-state index in [1.165, 1.54) is 11.3 Å². The second-order valence-electron chi connectivity index (χ2n) is 8.70. The van der Waals surface area contributed by atoms with Crippen LogP contribution in [-0.2, 0) is 7.05 Å². The number of phenolic OH excluding ortho intramolecular Hbond substituents is 1. The van der Waals surface area contributed by atoms with Crippen LogP contribution < -0.4 is 10.2 Å². The molecular weight excluding hydrogens is 408 g/mol. The van der Waals surface area contributed by atoms with E-state index >= 15 is 0 Å². The standard InChI is InChI=1S/C23H34N6OS/c1-7-9-18(13-23(3,4)24-8-2)29(6)22-27-26-21(31-22)19-11-10-16(12-20(19)30)17-14-25-28(5)15-17/h10-12,14-15,18,24,30H,7-9,13H2,1-6H3. The molecular formula is C23H34N6OS. The van der Waals surface area contributed by atoms with E-state index in [1.54, 1.807) is 16.9 Å². The van der Waals surface area contributed by atoms with E-state index in [0.29, 0.717) is 11.6 Å². The summed E-state index contributed by atoms with van der Waals surface area (Å²) in [6.07, 6.45) is 6.93. The van der Waals surface area contributed by atoms with Gasteiger partial charge in [-0.15, -0.1) is 10.2 Å². The topological polar surface area (TPSA) is 79.1 Å². The van der Waals surface area contributed by atoms with Crippen molar-refractivity contribution >= 4 is 16.5 Å². The van der Waals surface area contributed by atoms with Gasteiger partial charge in [0.2, 0.25) is 5.13 Å². The average molecular weight is 443 g/mol. The van der Waals surface area contributed by atoms with Crippen LogP contribution in [0.4, 0.5) is 5.13 Å². The number of rotatable bonds is 10. The van der Waals surface area contributed by atoms with Gasteiger partial charge in [0.15, 0.2) is 5.01 Å². The molecule has 8 heteroatoms. The first-order valence-corrected chi connectivity index (χ1v) is 11.7. The molecule has 0 bridgehead atoms. The van der Waals surface area contributed by atoms with E-state index in [2.05, 4.69) is 60.3 Å². The predicted octanol–water partition coefficient (Wildman–Crippen LogP) is 4.69. The molecule has 2 aromatic heterocycles. The van der Waals surface area contributed by atoms with E-state index in [0.717, 1.165) is 47.1 Å². The highest BCUT2D eigenvalue weighted by molar-refractivity contribution is 7.18. The second-order valence-corrected chi connectivity index (χ2v) is 9.65. The van der Waals surface area contributed by atoms with Gasteiger partial charge in [0.1, 0.15) is 5.75 Å². The highest BCUT2D eigenvalue weighted by Gasteiger charge is 2.26. The minimum Gasteiger partial charge on any atom is -0.507 e. The summed E-state index contributed by atoms with van der Waals surface area (Å²) in [6.45, 7) is 9.81. The maximum atomic E-state index is 10.7. The Balaban J connectivity index is 1.81. The van der Waals surface area contributed by atoms with Crippen molar-refractivity contribution in [1.29, 1.82) is 0 Å². The number of hydrogen-bond donors (Lipinski definition) is 2. The fourth-order valence-electron chi connectivity index (χ4n) is 3.99. The summed E-state index contributed by atoms with van der Waals surface area (Å²) in [7, 11) is 3.97. The van der Waals surface area contributed by atoms with Gasteiger partial charge in [-0.2, -0.15) is 5.10 Å². The van der Waals surface area contributed by atoms with E-state index in [1.807, 2.05) is 25.4 Å². The minimum atomic E-state index is 0.0523. The molecule has 1 atom stereocenters. The molecule has 0 fully saturated rings. The third-order valence-electron chi connectivity index (χ3n) is 5.55. The van der Waals surface area contributed by atoms with Crippen molar-refractivity contribution in [1.82, 2.24) is 25.3 Å². The van der Waals surface area contributed by atoms with E-state index < -0.39 is 0 Å². The molecule has 0 saturated carbocycles. The molecule has 3 rings (SSSR count). The van der Waals surface area contributed by atoms with Crippen LogP contribution in [0.5, 0.6) is 5.75 Å². The zero-order valence-corrected chi connectivity index (χ0v) is 20.2. The van der Waals surface area contributed by atoms with Gasteiger partial charge in [-0.1, -0.05) is 37.7 Å². The third-order valence-corrected chi connectivity index (χ3v) is 6.60. The van der Waals surface area contributed by atoms with Crippen LogP contribution in [-0.4, -0.2) is 50.3 Å². The van der Waals surface area contributed by atoms with Crippen LogP contribution in [0.25, 0.3) is 21.7 Å². The van der Waals surface area contributed by atoms with Crippen molar-refractivity contribution in [2.24, 2.45) is 7.05 Å². The molecule has 2 N–H and O–H groups in total. The van der Waals surface area contributed by atoms with Crippen LogP contribution in [0, 0.1) is 0 Å². The number of hydrogen-bond acceptors (Lipinski definition) is 7. The van der Waals surface area contributed by atoms with E-state index in [9.17, 15) is 5.11 Å². The Morgan fingerprint density at radius 3 is 2.61 bits per heavy atom. The Morgan fingerprint density at radius 1 is 1.23 bits per heavy atom. The number of anilines is 1. The third kappa shape index (κ3) is 5.62. The van der Waals surface area contributed by atoms with Gasteiger partial charge in [-0.05, 0) is 50.9 Å². The summed E-state index contributed by atoms with van der Waals surface area (Å²) in [4.78, 5) is 2.24. The Bertz CT molecular complexity index is 996. The van der Waals surface area contributed by atoms with Crippen molar-refractivity contribution in [2.75, 3.05) is 18.5 Å². The van der Waals surface area contributed by atoms with Gasteiger partial charge >= 0.3 is 0 Å². The summed E-state index contributed by atoms with van der Waals surface area (Å²) < 4.78 is 1.75. The number of nitrogens with one attached hydrogen (secondary N) is 1. The number of aromatic hydroxyl groups is 1. The molecule has 168 valence electrons. The predicted molar refractivity (Wildman–Crippen MR) is 129 cm³/mol. The van der Waals surface area contributed by atoms with Crippen molar-refractivity contribution in [2.45, 2.75) is 58.5 Å². The largest absolute Gasteiger partial charge is 0.507 e. The first-order chi connectivity index (χ1) is 14.7. The highest BCUT2D eigenvalue weighted by Crippen LogP contribution is 2.37. The quantitative estimate of drug-likeness (QED) is 0.474. The highest BCUT2D eigenvalue weighted by atomic mass is 32.1. The molecule has 0 aliphatic rings. The molecule has 0 spiro atoms. The first-order valence-electron chi connectivity index (χ1n) is 10.9. The number of nitrogens with zero attached hydrogens (tertiary/aromatic N) is 5. The maximum Gasteiger partial charge on any atom is 0.208 e. The van der Waals surface area contributed by atoms with E-state index in [-0.39, 0.29) is 11.3 Å². The molecule has 7 nitrogen and oxygen atoms in total. The van der Waals surface area contributed by atoms with Crippen LogP contribution >= 0.6 is 11.3 Å². The summed E-state index contributed by atoms with van der Waals surface area (Å²) in [5.74, 6) is 0.199. The lowest BCUT2D eigenvalue weighted by Crippen LogP contribution is -2.46. The summed E-state index contributed by atoms with van der Waals surface area (Å²) in [6, 6.07) is 6.01. The van der Waals surface area contributed by atoms with Crippen molar-refractivity contribution < 1.29 is 5.11 Å². The van der Waals surface area contributed by atoms with Crippen LogP contribution in [0.3, 0.4) is 0 Å². The Kier molecular flexibility index (Phi) is 7.33. The number of phenols is 1. The van der Waals surface area contributed by atoms with E-state index in [4.69, 9.17) is 0 Å². The van der Waals surface area contributed by atoms with Crippen molar-refractivity contribution in [3.63, 3.8) is 0 Å².